The molecule has 3 aromatic carbocycles. The Balaban J connectivity index is 1.81. The first-order valence-corrected chi connectivity index (χ1v) is 9.37. The Bertz CT molecular complexity index is 1060. The van der Waals surface area contributed by atoms with Gasteiger partial charge in [-0.1, -0.05) is 30.3 Å². The Kier molecular flexibility index (Phi) is 6.70. The molecule has 0 aromatic heterocycles. The summed E-state index contributed by atoms with van der Waals surface area (Å²) in [5, 5.41) is 2.77. The number of nitrogens with one attached hydrogen (secondary N) is 1. The fourth-order valence-corrected chi connectivity index (χ4v) is 2.98. The minimum Gasteiger partial charge on any atom is -0.496 e. The first-order valence-electron chi connectivity index (χ1n) is 9.37. The van der Waals surface area contributed by atoms with E-state index in [2.05, 4.69) is 5.32 Å². The summed E-state index contributed by atoms with van der Waals surface area (Å²) in [6.07, 6.45) is 0. The van der Waals surface area contributed by atoms with Crippen LogP contribution in [-0.2, 0) is 11.3 Å². The molecular weight excluding hydrogens is 382 g/mol. The Labute approximate surface area is 175 Å². The largest absolute Gasteiger partial charge is 0.496 e. The first-order chi connectivity index (χ1) is 14.5. The maximum Gasteiger partial charge on any atom is 0.339 e. The molecule has 0 heterocycles. The van der Waals surface area contributed by atoms with E-state index < -0.39 is 5.97 Å². The average Bonchev–Trinajstić information content (AvgIpc) is 2.78. The zero-order valence-electron chi connectivity index (χ0n) is 17.1. The van der Waals surface area contributed by atoms with Crippen LogP contribution in [0.5, 0.6) is 11.5 Å². The van der Waals surface area contributed by atoms with Gasteiger partial charge in [0.2, 0.25) is 0 Å². The monoisotopic (exact) mass is 405 g/mol. The van der Waals surface area contributed by atoms with Gasteiger partial charge in [0.05, 0.1) is 25.5 Å². The molecule has 0 saturated carbocycles. The number of anilines is 1. The third-order valence-corrected chi connectivity index (χ3v) is 4.60. The van der Waals surface area contributed by atoms with Gasteiger partial charge in [-0.3, -0.25) is 4.79 Å². The lowest BCUT2D eigenvalue weighted by molar-refractivity contribution is 0.0602. The molecule has 0 aliphatic rings. The van der Waals surface area contributed by atoms with E-state index in [9.17, 15) is 9.59 Å². The maximum atomic E-state index is 12.8. The highest BCUT2D eigenvalue weighted by Crippen LogP contribution is 2.25. The molecule has 0 atom stereocenters. The number of para-hydroxylation sites is 2. The van der Waals surface area contributed by atoms with Gasteiger partial charge in [0.1, 0.15) is 18.1 Å². The molecule has 0 spiro atoms. The SMILES string of the molecule is COC(=O)c1ccccc1NC(=O)c1ccc(OC)c(COc2ccccc2C)c1. The van der Waals surface area contributed by atoms with Crippen molar-refractivity contribution in [1.82, 2.24) is 0 Å². The summed E-state index contributed by atoms with van der Waals surface area (Å²) in [4.78, 5) is 24.7. The third kappa shape index (κ3) is 4.78. The number of amides is 1. The smallest absolute Gasteiger partial charge is 0.339 e. The molecule has 6 nitrogen and oxygen atoms in total. The molecule has 0 fully saturated rings. The molecular formula is C24H23NO5. The number of esters is 1. The van der Waals surface area contributed by atoms with E-state index in [0.717, 1.165) is 16.9 Å². The fourth-order valence-electron chi connectivity index (χ4n) is 2.98. The highest BCUT2D eigenvalue weighted by atomic mass is 16.5. The second-order valence-corrected chi connectivity index (χ2v) is 6.57. The first kappa shape index (κ1) is 20.9. The van der Waals surface area contributed by atoms with Crippen molar-refractivity contribution in [3.05, 3.63) is 89.0 Å². The Morgan fingerprint density at radius 1 is 0.900 bits per heavy atom. The zero-order chi connectivity index (χ0) is 21.5. The van der Waals surface area contributed by atoms with Crippen LogP contribution in [0, 0.1) is 6.92 Å². The molecule has 0 saturated heterocycles. The van der Waals surface area contributed by atoms with Crippen LogP contribution < -0.4 is 14.8 Å². The maximum absolute atomic E-state index is 12.8. The van der Waals surface area contributed by atoms with Gasteiger partial charge in [-0.25, -0.2) is 4.79 Å². The number of hydrogen-bond acceptors (Lipinski definition) is 5. The molecule has 0 aliphatic heterocycles. The van der Waals surface area contributed by atoms with Crippen LogP contribution in [-0.4, -0.2) is 26.1 Å². The van der Waals surface area contributed by atoms with Crippen LogP contribution in [0.15, 0.2) is 66.7 Å². The molecule has 3 rings (SSSR count). The van der Waals surface area contributed by atoms with E-state index in [1.54, 1.807) is 49.6 Å². The van der Waals surface area contributed by atoms with Gasteiger partial charge in [0.15, 0.2) is 0 Å². The van der Waals surface area contributed by atoms with E-state index >= 15 is 0 Å². The van der Waals surface area contributed by atoms with Crippen molar-refractivity contribution in [3.8, 4) is 11.5 Å². The van der Waals surface area contributed by atoms with Crippen molar-refractivity contribution < 1.29 is 23.8 Å². The number of methoxy groups -OCH3 is 2. The summed E-state index contributed by atoms with van der Waals surface area (Å²) in [7, 11) is 2.87. The zero-order valence-corrected chi connectivity index (χ0v) is 17.1. The summed E-state index contributed by atoms with van der Waals surface area (Å²) < 4.78 is 16.1. The predicted octanol–water partition coefficient (Wildman–Crippen LogP) is 4.62. The molecule has 30 heavy (non-hydrogen) atoms. The van der Waals surface area contributed by atoms with Gasteiger partial charge in [0, 0.05) is 11.1 Å². The van der Waals surface area contributed by atoms with Crippen molar-refractivity contribution >= 4 is 17.6 Å². The summed E-state index contributed by atoms with van der Waals surface area (Å²) in [6.45, 7) is 2.21. The lowest BCUT2D eigenvalue weighted by Crippen LogP contribution is -2.16. The minimum absolute atomic E-state index is 0.244. The number of hydrogen-bond donors (Lipinski definition) is 1. The third-order valence-electron chi connectivity index (χ3n) is 4.60. The molecule has 0 unspecified atom stereocenters. The molecule has 6 heteroatoms. The second-order valence-electron chi connectivity index (χ2n) is 6.57. The van der Waals surface area contributed by atoms with E-state index in [4.69, 9.17) is 14.2 Å². The van der Waals surface area contributed by atoms with Gasteiger partial charge in [0.25, 0.3) is 5.91 Å². The molecule has 0 radical (unpaired) electrons. The lowest BCUT2D eigenvalue weighted by Gasteiger charge is -2.14. The van der Waals surface area contributed by atoms with Crippen LogP contribution in [0.4, 0.5) is 5.69 Å². The van der Waals surface area contributed by atoms with Crippen LogP contribution in [0.25, 0.3) is 0 Å². The quantitative estimate of drug-likeness (QED) is 0.581. The highest BCUT2D eigenvalue weighted by Gasteiger charge is 2.16. The number of aryl methyl sites for hydroxylation is 1. The topological polar surface area (TPSA) is 73.9 Å². The minimum atomic E-state index is -0.520. The normalized spacial score (nSPS) is 10.2. The van der Waals surface area contributed by atoms with Crippen molar-refractivity contribution in [2.24, 2.45) is 0 Å². The number of carbonyl (C=O) groups is 2. The molecule has 1 amide bonds. The number of ether oxygens (including phenoxy) is 3. The van der Waals surface area contributed by atoms with E-state index in [1.807, 2.05) is 31.2 Å². The Morgan fingerprint density at radius 3 is 2.37 bits per heavy atom. The Hall–Kier alpha value is -3.80. The summed E-state index contributed by atoms with van der Waals surface area (Å²) in [6, 6.07) is 19.5. The molecule has 0 bridgehead atoms. The van der Waals surface area contributed by atoms with Crippen LogP contribution in [0.2, 0.25) is 0 Å². The van der Waals surface area contributed by atoms with Gasteiger partial charge >= 0.3 is 5.97 Å². The van der Waals surface area contributed by atoms with Crippen molar-refractivity contribution in [1.29, 1.82) is 0 Å². The molecule has 1 N–H and O–H groups in total. The predicted molar refractivity (Wildman–Crippen MR) is 114 cm³/mol. The second kappa shape index (κ2) is 9.60. The molecule has 3 aromatic rings. The van der Waals surface area contributed by atoms with Crippen LogP contribution in [0.3, 0.4) is 0 Å². The summed E-state index contributed by atoms with van der Waals surface area (Å²) >= 11 is 0. The molecule has 0 aliphatic carbocycles. The lowest BCUT2D eigenvalue weighted by atomic mass is 10.1. The van der Waals surface area contributed by atoms with Crippen molar-refractivity contribution in [3.63, 3.8) is 0 Å². The standard InChI is InChI=1S/C24H23NO5/c1-16-8-4-7-11-21(16)30-15-18-14-17(12-13-22(18)28-2)23(26)25-20-10-6-5-9-19(20)24(27)29-3/h4-14H,15H2,1-3H3,(H,25,26). The summed E-state index contributed by atoms with van der Waals surface area (Å²) in [5.74, 6) is 0.510. The van der Waals surface area contributed by atoms with E-state index in [-0.39, 0.29) is 18.1 Å². The van der Waals surface area contributed by atoms with Crippen LogP contribution in [0.1, 0.15) is 31.8 Å². The van der Waals surface area contributed by atoms with E-state index in [1.165, 1.54) is 7.11 Å². The highest BCUT2D eigenvalue weighted by molar-refractivity contribution is 6.08. The van der Waals surface area contributed by atoms with Gasteiger partial charge in [-0.15, -0.1) is 0 Å². The van der Waals surface area contributed by atoms with Gasteiger partial charge in [-0.05, 0) is 48.9 Å². The van der Waals surface area contributed by atoms with E-state index in [0.29, 0.717) is 17.0 Å². The van der Waals surface area contributed by atoms with Crippen LogP contribution >= 0.6 is 0 Å². The van der Waals surface area contributed by atoms with Gasteiger partial charge < -0.3 is 19.5 Å². The number of carbonyl (C=O) groups excluding carboxylic acids is 2. The number of rotatable bonds is 7. The number of benzene rings is 3. The summed E-state index contributed by atoms with van der Waals surface area (Å²) in [5.41, 5.74) is 2.83. The fraction of sp³-hybridized carbons (Fsp3) is 0.167. The Morgan fingerprint density at radius 2 is 1.63 bits per heavy atom. The molecule has 154 valence electrons. The van der Waals surface area contributed by atoms with Crippen molar-refractivity contribution in [2.45, 2.75) is 13.5 Å². The van der Waals surface area contributed by atoms with Gasteiger partial charge in [-0.2, -0.15) is 0 Å². The average molecular weight is 405 g/mol. The van der Waals surface area contributed by atoms with Crippen molar-refractivity contribution in [2.75, 3.05) is 19.5 Å².